The van der Waals surface area contributed by atoms with Gasteiger partial charge >= 0.3 is 6.18 Å². The number of hydrogen-bond acceptors (Lipinski definition) is 4. The lowest BCUT2D eigenvalue weighted by molar-refractivity contribution is -0.137. The first kappa shape index (κ1) is 13.9. The van der Waals surface area contributed by atoms with E-state index in [1.807, 2.05) is 0 Å². The molecule has 2 rings (SSSR count). The van der Waals surface area contributed by atoms with Crippen LogP contribution in [0.25, 0.3) is 0 Å². The molecule has 0 amide bonds. The molecule has 0 aliphatic rings. The van der Waals surface area contributed by atoms with Crippen LogP contribution in [0.5, 0.6) is 0 Å². The maximum absolute atomic E-state index is 12.4. The number of nitrogens with one attached hydrogen (secondary N) is 1. The second-order valence-electron chi connectivity index (χ2n) is 3.75. The van der Waals surface area contributed by atoms with Crippen molar-refractivity contribution in [1.82, 2.24) is 15.4 Å². The second-order valence-corrected chi connectivity index (χ2v) is 4.80. The number of hydrogen-bond donors (Lipinski definition) is 2. The van der Waals surface area contributed by atoms with E-state index in [-0.39, 0.29) is 5.75 Å². The number of aliphatic hydroxyl groups excluding tert-OH is 1. The van der Waals surface area contributed by atoms with E-state index in [1.54, 1.807) is 0 Å². The van der Waals surface area contributed by atoms with Crippen LogP contribution in [0.15, 0.2) is 35.5 Å². The van der Waals surface area contributed by atoms with Gasteiger partial charge in [-0.05, 0) is 17.7 Å². The molecule has 0 spiro atoms. The Hall–Kier alpha value is -1.54. The molecule has 2 aromatic rings. The number of alkyl halides is 3. The Morgan fingerprint density at radius 1 is 1.26 bits per heavy atom. The van der Waals surface area contributed by atoms with E-state index < -0.39 is 17.8 Å². The normalized spacial score (nSPS) is 13.5. The fraction of sp³-hybridized carbons (Fsp3) is 0.273. The molecule has 0 saturated carbocycles. The number of aliphatic hydroxyl groups is 1. The molecule has 1 aromatic carbocycles. The van der Waals surface area contributed by atoms with Crippen molar-refractivity contribution < 1.29 is 18.3 Å². The quantitative estimate of drug-likeness (QED) is 0.849. The van der Waals surface area contributed by atoms with Gasteiger partial charge in [0.2, 0.25) is 0 Å². The molecule has 0 fully saturated rings. The first-order valence-electron chi connectivity index (χ1n) is 5.30. The van der Waals surface area contributed by atoms with E-state index in [2.05, 4.69) is 15.4 Å². The zero-order chi connectivity index (χ0) is 13.9. The summed E-state index contributed by atoms with van der Waals surface area (Å²) < 4.78 is 37.1. The molecule has 8 heteroatoms. The molecule has 0 aliphatic carbocycles. The third-order valence-corrected chi connectivity index (χ3v) is 3.38. The Balaban J connectivity index is 1.97. The van der Waals surface area contributed by atoms with Crippen LogP contribution in [0.3, 0.4) is 0 Å². The van der Waals surface area contributed by atoms with Gasteiger partial charge in [-0.15, -0.1) is 5.10 Å². The smallest absolute Gasteiger partial charge is 0.388 e. The molecule has 0 aliphatic heterocycles. The third-order valence-electron chi connectivity index (χ3n) is 2.40. The predicted molar refractivity (Wildman–Crippen MR) is 63.5 cm³/mol. The van der Waals surface area contributed by atoms with Crippen molar-refractivity contribution in [3.8, 4) is 0 Å². The minimum absolute atomic E-state index is 0.290. The molecular formula is C11H10F3N3OS. The minimum Gasteiger partial charge on any atom is -0.388 e. The van der Waals surface area contributed by atoms with Crippen molar-refractivity contribution in [3.63, 3.8) is 0 Å². The Morgan fingerprint density at radius 2 is 1.95 bits per heavy atom. The van der Waals surface area contributed by atoms with Crippen molar-refractivity contribution in [3.05, 3.63) is 41.6 Å². The summed E-state index contributed by atoms with van der Waals surface area (Å²) in [4.78, 5) is 0. The molecular weight excluding hydrogens is 279 g/mol. The van der Waals surface area contributed by atoms with Gasteiger partial charge in [-0.3, -0.25) is 0 Å². The van der Waals surface area contributed by atoms with Gasteiger partial charge in [0.1, 0.15) is 5.03 Å². The lowest BCUT2D eigenvalue weighted by atomic mass is 10.1. The number of H-pyrrole nitrogens is 1. The van der Waals surface area contributed by atoms with Gasteiger partial charge in [-0.2, -0.15) is 23.5 Å². The van der Waals surface area contributed by atoms with Crippen molar-refractivity contribution in [1.29, 1.82) is 0 Å². The number of benzene rings is 1. The second kappa shape index (κ2) is 5.62. The Morgan fingerprint density at radius 3 is 2.47 bits per heavy atom. The summed E-state index contributed by atoms with van der Waals surface area (Å²) in [6.45, 7) is 0. The van der Waals surface area contributed by atoms with Gasteiger partial charge < -0.3 is 5.11 Å². The Labute approximate surface area is 111 Å². The van der Waals surface area contributed by atoms with Crippen LogP contribution in [0.2, 0.25) is 0 Å². The van der Waals surface area contributed by atoms with E-state index in [9.17, 15) is 18.3 Å². The average Bonchev–Trinajstić information content (AvgIpc) is 2.88. The summed E-state index contributed by atoms with van der Waals surface area (Å²) in [5.74, 6) is 0.290. The van der Waals surface area contributed by atoms with Gasteiger partial charge in [0.15, 0.2) is 0 Å². The number of thioether (sulfide) groups is 1. The molecule has 0 bridgehead atoms. The molecule has 19 heavy (non-hydrogen) atoms. The first-order valence-corrected chi connectivity index (χ1v) is 6.29. The molecule has 0 unspecified atom stereocenters. The van der Waals surface area contributed by atoms with Crippen LogP contribution in [-0.4, -0.2) is 26.3 Å². The highest BCUT2D eigenvalue weighted by atomic mass is 32.2. The molecule has 1 heterocycles. The van der Waals surface area contributed by atoms with Crippen LogP contribution in [0.4, 0.5) is 13.2 Å². The first-order chi connectivity index (χ1) is 8.97. The van der Waals surface area contributed by atoms with Gasteiger partial charge in [-0.1, -0.05) is 23.9 Å². The van der Waals surface area contributed by atoms with Crippen LogP contribution in [0, 0.1) is 0 Å². The summed E-state index contributed by atoms with van der Waals surface area (Å²) in [5, 5.41) is 20.3. The zero-order valence-corrected chi connectivity index (χ0v) is 10.4. The van der Waals surface area contributed by atoms with E-state index in [4.69, 9.17) is 0 Å². The highest BCUT2D eigenvalue weighted by Gasteiger charge is 2.30. The highest BCUT2D eigenvalue weighted by molar-refractivity contribution is 7.99. The number of rotatable bonds is 4. The van der Waals surface area contributed by atoms with Crippen molar-refractivity contribution in [2.75, 3.05) is 5.75 Å². The maximum atomic E-state index is 12.4. The molecule has 1 atom stereocenters. The highest BCUT2D eigenvalue weighted by Crippen LogP contribution is 2.30. The van der Waals surface area contributed by atoms with E-state index in [0.29, 0.717) is 10.6 Å². The Kier molecular flexibility index (Phi) is 4.11. The molecule has 0 saturated heterocycles. The lowest BCUT2D eigenvalue weighted by Gasteiger charge is -2.11. The predicted octanol–water partition coefficient (Wildman–Crippen LogP) is 2.65. The molecule has 0 radical (unpaired) electrons. The van der Waals surface area contributed by atoms with Gasteiger partial charge in [-0.25, -0.2) is 0 Å². The fourth-order valence-electron chi connectivity index (χ4n) is 1.42. The van der Waals surface area contributed by atoms with Crippen molar-refractivity contribution >= 4 is 11.8 Å². The van der Waals surface area contributed by atoms with Crippen molar-refractivity contribution in [2.45, 2.75) is 17.3 Å². The van der Waals surface area contributed by atoms with Crippen molar-refractivity contribution in [2.24, 2.45) is 0 Å². The third kappa shape index (κ3) is 3.71. The number of nitrogens with zero attached hydrogens (tertiary/aromatic N) is 2. The average molecular weight is 289 g/mol. The molecule has 4 nitrogen and oxygen atoms in total. The summed E-state index contributed by atoms with van der Waals surface area (Å²) >= 11 is 1.26. The Bertz CT molecular complexity index is 513. The van der Waals surface area contributed by atoms with E-state index in [1.165, 1.54) is 30.1 Å². The number of aromatic amines is 1. The zero-order valence-electron chi connectivity index (χ0n) is 9.55. The largest absolute Gasteiger partial charge is 0.416 e. The monoisotopic (exact) mass is 289 g/mol. The number of halogens is 3. The molecule has 102 valence electrons. The van der Waals surface area contributed by atoms with Gasteiger partial charge in [0.25, 0.3) is 0 Å². The lowest BCUT2D eigenvalue weighted by Crippen LogP contribution is -2.06. The van der Waals surface area contributed by atoms with Crippen LogP contribution < -0.4 is 0 Å². The van der Waals surface area contributed by atoms with Gasteiger partial charge in [0.05, 0.1) is 17.9 Å². The van der Waals surface area contributed by atoms with Crippen LogP contribution >= 0.6 is 11.8 Å². The maximum Gasteiger partial charge on any atom is 0.416 e. The standard InChI is InChI=1S/C11H10F3N3OS/c12-11(13,14)8-3-1-7(2-4-8)9(18)6-19-10-5-15-17-16-10/h1-5,9,18H,6H2,(H,15,16,17)/t9-/m0/s1. The van der Waals surface area contributed by atoms with Gasteiger partial charge in [0, 0.05) is 5.75 Å². The fourth-order valence-corrected chi connectivity index (χ4v) is 2.17. The topological polar surface area (TPSA) is 61.8 Å². The number of aromatic nitrogens is 3. The molecule has 2 N–H and O–H groups in total. The summed E-state index contributed by atoms with van der Waals surface area (Å²) in [6.07, 6.45) is -3.72. The summed E-state index contributed by atoms with van der Waals surface area (Å²) in [7, 11) is 0. The van der Waals surface area contributed by atoms with E-state index >= 15 is 0 Å². The van der Waals surface area contributed by atoms with Crippen LogP contribution in [-0.2, 0) is 6.18 Å². The van der Waals surface area contributed by atoms with Crippen LogP contribution in [0.1, 0.15) is 17.2 Å². The minimum atomic E-state index is -4.36. The SMILES string of the molecule is O[C@@H](CSc1cn[nH]n1)c1ccc(C(F)(F)F)cc1. The summed E-state index contributed by atoms with van der Waals surface area (Å²) in [5.41, 5.74) is -0.295. The summed E-state index contributed by atoms with van der Waals surface area (Å²) in [6, 6.07) is 4.46. The molecule has 1 aromatic heterocycles. The van der Waals surface area contributed by atoms with E-state index in [0.717, 1.165) is 12.1 Å².